The molecule has 0 bridgehead atoms. The lowest BCUT2D eigenvalue weighted by atomic mass is 10.0. The lowest BCUT2D eigenvalue weighted by Crippen LogP contribution is -2.20. The summed E-state index contributed by atoms with van der Waals surface area (Å²) in [4.78, 5) is 21.3. The van der Waals surface area contributed by atoms with E-state index < -0.39 is 0 Å². The first-order valence-electron chi connectivity index (χ1n) is 10.9. The molecule has 1 N–H and O–H groups in total. The molecule has 3 aromatic heterocycles. The molecular weight excluding hydrogens is 438 g/mol. The van der Waals surface area contributed by atoms with Gasteiger partial charge in [0.15, 0.2) is 0 Å². The number of anilines is 1. The maximum absolute atomic E-state index is 12.9. The molecule has 3 heterocycles. The normalized spacial score (nSPS) is 10.5. The number of hydrogen-bond donors (Lipinski definition) is 1. The van der Waals surface area contributed by atoms with Crippen molar-refractivity contribution in [3.05, 3.63) is 103 Å². The van der Waals surface area contributed by atoms with Crippen LogP contribution in [0.5, 0.6) is 0 Å². The number of nitriles is 1. The Kier molecular flexibility index (Phi) is 6.05. The van der Waals surface area contributed by atoms with Crippen molar-refractivity contribution in [1.29, 1.82) is 5.26 Å². The van der Waals surface area contributed by atoms with E-state index in [9.17, 15) is 4.79 Å². The highest BCUT2D eigenvalue weighted by molar-refractivity contribution is 5.90. The van der Waals surface area contributed by atoms with Gasteiger partial charge in [-0.1, -0.05) is 47.7 Å². The molecule has 0 atom stereocenters. The van der Waals surface area contributed by atoms with Crippen molar-refractivity contribution in [2.45, 2.75) is 6.54 Å². The van der Waals surface area contributed by atoms with E-state index in [1.165, 1.54) is 0 Å². The first-order valence-corrected chi connectivity index (χ1v) is 10.9. The number of nitrogens with zero attached hydrogens (tertiary/aromatic N) is 6. The number of amides is 1. The number of hydrogen-bond acceptors (Lipinski definition) is 6. The zero-order valence-electron chi connectivity index (χ0n) is 18.5. The summed E-state index contributed by atoms with van der Waals surface area (Å²) in [6.45, 7) is -0.0600. The molecule has 0 radical (unpaired) electrons. The lowest BCUT2D eigenvalue weighted by Gasteiger charge is -2.10. The van der Waals surface area contributed by atoms with Crippen molar-refractivity contribution >= 4 is 11.7 Å². The third-order valence-electron chi connectivity index (χ3n) is 5.41. The highest BCUT2D eigenvalue weighted by Gasteiger charge is 2.19. The van der Waals surface area contributed by atoms with Gasteiger partial charge in [-0.15, -0.1) is 5.10 Å². The molecule has 0 fully saturated rings. The number of benzene rings is 2. The Labute approximate surface area is 201 Å². The molecule has 8 nitrogen and oxygen atoms in total. The van der Waals surface area contributed by atoms with Gasteiger partial charge < -0.3 is 5.32 Å². The average Bonchev–Trinajstić information content (AvgIpc) is 3.33. The molecule has 8 heteroatoms. The van der Waals surface area contributed by atoms with Crippen LogP contribution >= 0.6 is 0 Å². The Balaban J connectivity index is 1.40. The average molecular weight is 457 g/mol. The van der Waals surface area contributed by atoms with Gasteiger partial charge in [0.2, 0.25) is 5.91 Å². The lowest BCUT2D eigenvalue weighted by molar-refractivity contribution is -0.116. The molecule has 0 unspecified atom stereocenters. The van der Waals surface area contributed by atoms with Crippen molar-refractivity contribution in [2.75, 3.05) is 5.32 Å². The molecule has 0 saturated carbocycles. The van der Waals surface area contributed by atoms with Crippen LogP contribution in [0, 0.1) is 11.3 Å². The van der Waals surface area contributed by atoms with Crippen molar-refractivity contribution < 1.29 is 4.79 Å². The Bertz CT molecular complexity index is 1490. The van der Waals surface area contributed by atoms with E-state index in [1.807, 2.05) is 60.7 Å². The molecule has 35 heavy (non-hydrogen) atoms. The standard InChI is InChI=1S/C27H19N7O/c28-16-19-6-8-22(9-7-19)27-26(21-12-14-29-15-13-21)32-33-34(27)18-25(35)31-24-11-10-23(17-30-24)20-4-2-1-3-5-20/h1-15,17H,18H2,(H,30,31,35). The maximum Gasteiger partial charge on any atom is 0.247 e. The number of carbonyl (C=O) groups excluding carboxylic acids is 1. The highest BCUT2D eigenvalue weighted by atomic mass is 16.2. The highest BCUT2D eigenvalue weighted by Crippen LogP contribution is 2.30. The summed E-state index contributed by atoms with van der Waals surface area (Å²) in [5.41, 5.74) is 5.46. The van der Waals surface area contributed by atoms with Crippen LogP contribution in [0.4, 0.5) is 5.82 Å². The van der Waals surface area contributed by atoms with Gasteiger partial charge in [0, 0.05) is 35.3 Å². The molecule has 0 spiro atoms. The van der Waals surface area contributed by atoms with Crippen LogP contribution in [0.1, 0.15) is 5.56 Å². The predicted octanol–water partition coefficient (Wildman–Crippen LogP) is 4.58. The summed E-state index contributed by atoms with van der Waals surface area (Å²) in [6, 6.07) is 26.5. The summed E-state index contributed by atoms with van der Waals surface area (Å²) in [7, 11) is 0. The molecule has 0 aliphatic heterocycles. The second kappa shape index (κ2) is 9.77. The minimum Gasteiger partial charge on any atom is -0.309 e. The van der Waals surface area contributed by atoms with Crippen LogP contribution < -0.4 is 5.32 Å². The summed E-state index contributed by atoms with van der Waals surface area (Å²) < 4.78 is 1.55. The summed E-state index contributed by atoms with van der Waals surface area (Å²) in [5.74, 6) is 0.162. The zero-order chi connectivity index (χ0) is 24.0. The first kappa shape index (κ1) is 21.7. The van der Waals surface area contributed by atoms with E-state index in [4.69, 9.17) is 5.26 Å². The molecule has 168 valence electrons. The Hall–Kier alpha value is -5.16. The smallest absolute Gasteiger partial charge is 0.247 e. The molecule has 5 rings (SSSR count). The number of rotatable bonds is 6. The summed E-state index contributed by atoms with van der Waals surface area (Å²) in [6.07, 6.45) is 5.08. The Morgan fingerprint density at radius 1 is 0.857 bits per heavy atom. The van der Waals surface area contributed by atoms with E-state index in [0.717, 1.165) is 22.3 Å². The number of pyridine rings is 2. The van der Waals surface area contributed by atoms with Crippen LogP contribution in [0.25, 0.3) is 33.6 Å². The van der Waals surface area contributed by atoms with Gasteiger partial charge in [-0.05, 0) is 42.0 Å². The fourth-order valence-corrected chi connectivity index (χ4v) is 3.70. The van der Waals surface area contributed by atoms with Gasteiger partial charge in [-0.3, -0.25) is 9.78 Å². The van der Waals surface area contributed by atoms with Gasteiger partial charge >= 0.3 is 0 Å². The SMILES string of the molecule is N#Cc1ccc(-c2c(-c3ccncc3)nnn2CC(=O)Nc2ccc(-c3ccccc3)cn2)cc1. The van der Waals surface area contributed by atoms with Crippen molar-refractivity contribution in [2.24, 2.45) is 0 Å². The fraction of sp³-hybridized carbons (Fsp3) is 0.0370. The van der Waals surface area contributed by atoms with Crippen molar-refractivity contribution in [1.82, 2.24) is 25.0 Å². The van der Waals surface area contributed by atoms with Gasteiger partial charge in [-0.25, -0.2) is 9.67 Å². The largest absolute Gasteiger partial charge is 0.309 e. The molecule has 0 saturated heterocycles. The Morgan fingerprint density at radius 3 is 2.29 bits per heavy atom. The van der Waals surface area contributed by atoms with Crippen LogP contribution in [-0.4, -0.2) is 30.9 Å². The van der Waals surface area contributed by atoms with E-state index >= 15 is 0 Å². The first-order chi connectivity index (χ1) is 17.2. The van der Waals surface area contributed by atoms with E-state index in [-0.39, 0.29) is 12.5 Å². The predicted molar refractivity (Wildman–Crippen MR) is 132 cm³/mol. The number of aromatic nitrogens is 5. The number of carbonyl (C=O) groups is 1. The molecular formula is C27H19N7O. The number of nitrogens with one attached hydrogen (secondary N) is 1. The third kappa shape index (κ3) is 4.79. The minimum atomic E-state index is -0.286. The fourth-order valence-electron chi connectivity index (χ4n) is 3.70. The van der Waals surface area contributed by atoms with E-state index in [2.05, 4.69) is 31.7 Å². The molecule has 0 aliphatic carbocycles. The molecule has 1 amide bonds. The van der Waals surface area contributed by atoms with Gasteiger partial charge in [0.05, 0.1) is 17.3 Å². The van der Waals surface area contributed by atoms with Gasteiger partial charge in [0.25, 0.3) is 0 Å². The van der Waals surface area contributed by atoms with E-state index in [0.29, 0.717) is 22.8 Å². The quantitative estimate of drug-likeness (QED) is 0.400. The third-order valence-corrected chi connectivity index (χ3v) is 5.41. The molecule has 5 aromatic rings. The Morgan fingerprint density at radius 2 is 1.60 bits per heavy atom. The van der Waals surface area contributed by atoms with Crippen LogP contribution in [-0.2, 0) is 11.3 Å². The van der Waals surface area contributed by atoms with Gasteiger partial charge in [0.1, 0.15) is 18.1 Å². The zero-order valence-corrected chi connectivity index (χ0v) is 18.5. The van der Waals surface area contributed by atoms with Gasteiger partial charge in [-0.2, -0.15) is 5.26 Å². The summed E-state index contributed by atoms with van der Waals surface area (Å²) in [5, 5.41) is 20.5. The topological polar surface area (TPSA) is 109 Å². The maximum atomic E-state index is 12.9. The second-order valence-corrected chi connectivity index (χ2v) is 7.72. The van der Waals surface area contributed by atoms with Crippen LogP contribution in [0.15, 0.2) is 97.5 Å². The minimum absolute atomic E-state index is 0.0600. The molecule has 0 aliphatic rings. The van der Waals surface area contributed by atoms with Crippen LogP contribution in [0.2, 0.25) is 0 Å². The second-order valence-electron chi connectivity index (χ2n) is 7.72. The van der Waals surface area contributed by atoms with Crippen LogP contribution in [0.3, 0.4) is 0 Å². The monoisotopic (exact) mass is 457 g/mol. The van der Waals surface area contributed by atoms with Crippen molar-refractivity contribution in [3.63, 3.8) is 0 Å². The van der Waals surface area contributed by atoms with E-state index in [1.54, 1.807) is 41.5 Å². The van der Waals surface area contributed by atoms with Crippen molar-refractivity contribution in [3.8, 4) is 39.7 Å². The summed E-state index contributed by atoms with van der Waals surface area (Å²) >= 11 is 0. The molecule has 2 aromatic carbocycles.